The fraction of sp³-hybridized carbons (Fsp3) is 0.231. The molecule has 0 spiro atoms. The highest BCUT2D eigenvalue weighted by molar-refractivity contribution is 5.85. The molecule has 0 bridgehead atoms. The number of ether oxygens (including phenoxy) is 5. The van der Waals surface area contributed by atoms with Crippen molar-refractivity contribution in [2.75, 3.05) is 13.9 Å². The maximum absolute atomic E-state index is 9.84. The Morgan fingerprint density at radius 2 is 1.76 bits per heavy atom. The summed E-state index contributed by atoms with van der Waals surface area (Å²) in [6.45, 7) is 2.58. The molecule has 33 heavy (non-hydrogen) atoms. The van der Waals surface area contributed by atoms with Crippen molar-refractivity contribution in [3.05, 3.63) is 76.9 Å². The molecule has 0 fully saturated rings. The normalized spacial score (nSPS) is 18.2. The lowest BCUT2D eigenvalue weighted by Crippen LogP contribution is -2.30. The van der Waals surface area contributed by atoms with Crippen LogP contribution in [-0.4, -0.2) is 19.8 Å². The lowest BCUT2D eigenvalue weighted by molar-refractivity contribution is 0.174. The quantitative estimate of drug-likeness (QED) is 0.601. The zero-order valence-corrected chi connectivity index (χ0v) is 18.3. The van der Waals surface area contributed by atoms with Crippen LogP contribution in [0.5, 0.6) is 28.7 Å². The van der Waals surface area contributed by atoms with Gasteiger partial charge in [-0.2, -0.15) is 5.26 Å². The van der Waals surface area contributed by atoms with Gasteiger partial charge in [0, 0.05) is 17.5 Å². The molecule has 0 saturated heterocycles. The molecule has 0 saturated carbocycles. The van der Waals surface area contributed by atoms with Gasteiger partial charge in [0.2, 0.25) is 12.7 Å². The Kier molecular flexibility index (Phi) is 5.27. The molecular weight excluding hydrogens is 420 g/mol. The van der Waals surface area contributed by atoms with E-state index in [2.05, 4.69) is 6.07 Å². The van der Waals surface area contributed by atoms with Crippen LogP contribution in [0, 0.1) is 29.6 Å². The summed E-state index contributed by atoms with van der Waals surface area (Å²) in [6, 6.07) is 19.5. The van der Waals surface area contributed by atoms with Gasteiger partial charge < -0.3 is 23.7 Å². The van der Waals surface area contributed by atoms with Gasteiger partial charge in [-0.05, 0) is 36.2 Å². The predicted octanol–water partition coefficient (Wildman–Crippen LogP) is 4.95. The molecule has 2 atom stereocenters. The van der Waals surface area contributed by atoms with Crippen molar-refractivity contribution < 1.29 is 23.7 Å². The number of hydrogen-bond donors (Lipinski definition) is 1. The number of rotatable bonds is 5. The summed E-state index contributed by atoms with van der Waals surface area (Å²) >= 11 is 0. The van der Waals surface area contributed by atoms with Crippen LogP contribution in [0.2, 0.25) is 0 Å². The Morgan fingerprint density at radius 1 is 1.00 bits per heavy atom. The van der Waals surface area contributed by atoms with E-state index in [1.54, 1.807) is 13.2 Å². The third-order valence-corrected chi connectivity index (χ3v) is 5.88. The number of hydrogen-bond acceptors (Lipinski definition) is 7. The summed E-state index contributed by atoms with van der Waals surface area (Å²) in [6.07, 6.45) is 0. The van der Waals surface area contributed by atoms with E-state index >= 15 is 0 Å². The fourth-order valence-corrected chi connectivity index (χ4v) is 4.13. The smallest absolute Gasteiger partial charge is 0.231 e. The van der Waals surface area contributed by atoms with Crippen LogP contribution < -0.4 is 23.7 Å². The topological polar surface area (TPSA) is 93.8 Å². The Bertz CT molecular complexity index is 1260. The maximum atomic E-state index is 9.84. The molecule has 7 nitrogen and oxygen atoms in total. The number of methoxy groups -OCH3 is 1. The first kappa shape index (κ1) is 20.7. The molecule has 2 aliphatic rings. The molecule has 7 heteroatoms. The maximum Gasteiger partial charge on any atom is 0.231 e. The van der Waals surface area contributed by atoms with E-state index in [4.69, 9.17) is 29.1 Å². The third-order valence-electron chi connectivity index (χ3n) is 5.88. The first-order valence-electron chi connectivity index (χ1n) is 10.5. The van der Waals surface area contributed by atoms with E-state index in [0.29, 0.717) is 35.4 Å². The second-order valence-corrected chi connectivity index (χ2v) is 7.98. The van der Waals surface area contributed by atoms with E-state index in [1.165, 1.54) is 5.56 Å². The van der Waals surface area contributed by atoms with Gasteiger partial charge in [0.05, 0.1) is 13.2 Å². The summed E-state index contributed by atoms with van der Waals surface area (Å²) in [5, 5.41) is 18.1. The molecule has 5 rings (SSSR count). The molecule has 2 aliphatic heterocycles. The number of benzene rings is 3. The van der Waals surface area contributed by atoms with Gasteiger partial charge >= 0.3 is 0 Å². The second-order valence-electron chi connectivity index (χ2n) is 7.98. The van der Waals surface area contributed by atoms with Crippen molar-refractivity contribution in [3.8, 4) is 34.8 Å². The van der Waals surface area contributed by atoms with Crippen LogP contribution in [0.25, 0.3) is 0 Å². The fourth-order valence-electron chi connectivity index (χ4n) is 4.13. The molecule has 3 aromatic rings. The van der Waals surface area contributed by atoms with Crippen molar-refractivity contribution in [3.63, 3.8) is 0 Å². The van der Waals surface area contributed by atoms with Crippen molar-refractivity contribution >= 4 is 5.90 Å². The van der Waals surface area contributed by atoms with Crippen LogP contribution in [0.4, 0.5) is 0 Å². The molecule has 166 valence electrons. The van der Waals surface area contributed by atoms with Gasteiger partial charge in [-0.15, -0.1) is 0 Å². The van der Waals surface area contributed by atoms with Gasteiger partial charge in [0.15, 0.2) is 23.0 Å². The van der Waals surface area contributed by atoms with Crippen LogP contribution in [0.1, 0.15) is 28.2 Å². The average Bonchev–Trinajstić information content (AvgIpc) is 3.29. The molecule has 2 unspecified atom stereocenters. The number of nitriles is 1. The lowest BCUT2D eigenvalue weighted by atomic mass is 9.79. The zero-order valence-electron chi connectivity index (χ0n) is 18.3. The monoisotopic (exact) mass is 442 g/mol. The van der Waals surface area contributed by atoms with Crippen LogP contribution in [-0.2, 0) is 6.61 Å². The largest absolute Gasteiger partial charge is 0.493 e. The van der Waals surface area contributed by atoms with Crippen molar-refractivity contribution in [1.82, 2.24) is 0 Å². The molecule has 0 amide bonds. The second kappa shape index (κ2) is 8.40. The number of aryl methyl sites for hydroxylation is 1. The minimum absolute atomic E-state index is 0.104. The summed E-state index contributed by atoms with van der Waals surface area (Å²) in [4.78, 5) is 0. The summed E-state index contributed by atoms with van der Waals surface area (Å²) in [5.74, 6) is 1.47. The highest BCUT2D eigenvalue weighted by Crippen LogP contribution is 2.48. The summed E-state index contributed by atoms with van der Waals surface area (Å²) in [7, 11) is 1.58. The van der Waals surface area contributed by atoms with E-state index in [1.807, 2.05) is 55.5 Å². The van der Waals surface area contributed by atoms with Gasteiger partial charge in [-0.1, -0.05) is 35.9 Å². The van der Waals surface area contributed by atoms with E-state index in [-0.39, 0.29) is 12.7 Å². The van der Waals surface area contributed by atoms with Crippen LogP contribution in [0.3, 0.4) is 0 Å². The van der Waals surface area contributed by atoms with E-state index < -0.39 is 11.8 Å². The molecule has 0 aliphatic carbocycles. The van der Waals surface area contributed by atoms with Crippen molar-refractivity contribution in [2.24, 2.45) is 5.92 Å². The van der Waals surface area contributed by atoms with Gasteiger partial charge in [-0.3, -0.25) is 5.41 Å². The van der Waals surface area contributed by atoms with Crippen molar-refractivity contribution in [1.29, 1.82) is 10.7 Å². The van der Waals surface area contributed by atoms with Crippen LogP contribution in [0.15, 0.2) is 54.6 Å². The highest BCUT2D eigenvalue weighted by atomic mass is 16.7. The molecule has 1 N–H and O–H groups in total. The molecule has 3 aromatic carbocycles. The molecule has 2 heterocycles. The minimum atomic E-state index is -0.790. The van der Waals surface area contributed by atoms with Gasteiger partial charge in [0.1, 0.15) is 18.3 Å². The summed E-state index contributed by atoms with van der Waals surface area (Å²) in [5.41, 5.74) is 3.82. The summed E-state index contributed by atoms with van der Waals surface area (Å²) < 4.78 is 28.2. The molecule has 0 radical (unpaired) electrons. The molecule has 0 aromatic heterocycles. The Balaban J connectivity index is 1.49. The lowest BCUT2D eigenvalue weighted by Gasteiger charge is -2.30. The first-order valence-corrected chi connectivity index (χ1v) is 10.5. The SMILES string of the molecule is COc1cc(C2c3cc4c(cc3OC(=N)C2C#N)OCO4)ccc1OCc1ccc(C)cc1. The number of nitrogens with one attached hydrogen (secondary N) is 1. The Hall–Kier alpha value is -4.18. The van der Waals surface area contributed by atoms with Crippen molar-refractivity contribution in [2.45, 2.75) is 19.4 Å². The Morgan fingerprint density at radius 3 is 2.48 bits per heavy atom. The van der Waals surface area contributed by atoms with Gasteiger partial charge in [-0.25, -0.2) is 0 Å². The number of fused-ring (bicyclic) bond motifs is 2. The standard InChI is InChI=1S/C26H22N2O5/c1-15-3-5-16(6-4-15)13-30-20-8-7-17(9-22(20)29-2)25-18-10-23-24(32-14-31-23)11-21(18)33-26(28)19(25)12-27/h3-11,19,25,28H,13-14H2,1-2H3. The minimum Gasteiger partial charge on any atom is -0.493 e. The number of nitrogens with zero attached hydrogens (tertiary/aromatic N) is 1. The third kappa shape index (κ3) is 3.80. The highest BCUT2D eigenvalue weighted by Gasteiger charge is 2.39. The van der Waals surface area contributed by atoms with E-state index in [9.17, 15) is 5.26 Å². The molecular formula is C26H22N2O5. The van der Waals surface area contributed by atoms with Gasteiger partial charge in [0.25, 0.3) is 0 Å². The predicted molar refractivity (Wildman–Crippen MR) is 120 cm³/mol. The van der Waals surface area contributed by atoms with Crippen LogP contribution >= 0.6 is 0 Å². The first-order chi connectivity index (χ1) is 16.1. The average molecular weight is 442 g/mol. The Labute approximate surface area is 191 Å². The zero-order chi connectivity index (χ0) is 22.9. The van der Waals surface area contributed by atoms with E-state index in [0.717, 1.165) is 16.7 Å².